The molecule has 5 nitrogen and oxygen atoms in total. The van der Waals surface area contributed by atoms with Crippen molar-refractivity contribution in [3.63, 3.8) is 0 Å². The molecule has 0 aliphatic carbocycles. The fraction of sp³-hybridized carbons (Fsp3) is 0.238. The molecule has 0 aliphatic rings. The molecule has 0 saturated heterocycles. The third-order valence-corrected chi connectivity index (χ3v) is 4.22. The summed E-state index contributed by atoms with van der Waals surface area (Å²) < 4.78 is 14.8. The van der Waals surface area contributed by atoms with E-state index in [0.717, 1.165) is 17.7 Å². The number of halogens is 1. The maximum absolute atomic E-state index is 13.2. The van der Waals surface area contributed by atoms with Crippen molar-refractivity contribution >= 4 is 5.91 Å². The van der Waals surface area contributed by atoms with Gasteiger partial charge in [-0.15, -0.1) is 0 Å². The van der Waals surface area contributed by atoms with Crippen molar-refractivity contribution in [3.05, 3.63) is 71.7 Å². The molecule has 140 valence electrons. The zero-order valence-electron chi connectivity index (χ0n) is 15.7. The van der Waals surface area contributed by atoms with Crippen molar-refractivity contribution in [2.75, 3.05) is 27.2 Å². The first-order valence-corrected chi connectivity index (χ1v) is 8.79. The van der Waals surface area contributed by atoms with E-state index >= 15 is 0 Å². The molecule has 0 fully saturated rings. The highest BCUT2D eigenvalue weighted by molar-refractivity contribution is 5.99. The number of carbonyl (C=O) groups is 1. The molecule has 6 heteroatoms. The van der Waals surface area contributed by atoms with Gasteiger partial charge in [-0.2, -0.15) is 5.10 Å². The van der Waals surface area contributed by atoms with Gasteiger partial charge >= 0.3 is 0 Å². The summed E-state index contributed by atoms with van der Waals surface area (Å²) >= 11 is 0. The lowest BCUT2D eigenvalue weighted by molar-refractivity contribution is 0.0951. The van der Waals surface area contributed by atoms with Crippen molar-refractivity contribution in [1.82, 2.24) is 20.0 Å². The normalized spacial score (nSPS) is 11.0. The summed E-state index contributed by atoms with van der Waals surface area (Å²) in [5.74, 6) is -0.493. The molecule has 1 N–H and O–H groups in total. The standard InChI is InChI=1S/C21H23FN4O/c1-15-4-6-16(7-5-15)20-19(21(27)23-12-13-25(2)3)14-26(24-20)18-10-8-17(22)9-11-18/h4-11,14H,12-13H2,1-3H3,(H,23,27). The van der Waals surface area contributed by atoms with Gasteiger partial charge < -0.3 is 10.2 Å². The highest BCUT2D eigenvalue weighted by atomic mass is 19.1. The Labute approximate surface area is 158 Å². The van der Waals surface area contributed by atoms with Gasteiger partial charge in [0.25, 0.3) is 5.91 Å². The van der Waals surface area contributed by atoms with Crippen LogP contribution in [-0.2, 0) is 0 Å². The molecule has 1 amide bonds. The van der Waals surface area contributed by atoms with Crippen LogP contribution in [0.5, 0.6) is 0 Å². The number of amides is 1. The van der Waals surface area contributed by atoms with E-state index in [1.807, 2.05) is 50.2 Å². The summed E-state index contributed by atoms with van der Waals surface area (Å²) in [4.78, 5) is 14.7. The number of likely N-dealkylation sites (N-methyl/N-ethyl adjacent to an activating group) is 1. The predicted octanol–water partition coefficient (Wildman–Crippen LogP) is 3.28. The Morgan fingerprint density at radius 2 is 1.78 bits per heavy atom. The fourth-order valence-electron chi connectivity index (χ4n) is 2.68. The largest absolute Gasteiger partial charge is 0.351 e. The molecule has 27 heavy (non-hydrogen) atoms. The second-order valence-electron chi connectivity index (χ2n) is 6.74. The van der Waals surface area contributed by atoms with Gasteiger partial charge in [0.05, 0.1) is 11.3 Å². The van der Waals surface area contributed by atoms with Gasteiger partial charge in [-0.1, -0.05) is 29.8 Å². The number of carbonyl (C=O) groups excluding carboxylic acids is 1. The van der Waals surface area contributed by atoms with Gasteiger partial charge in [0.1, 0.15) is 11.5 Å². The first-order valence-electron chi connectivity index (χ1n) is 8.79. The Morgan fingerprint density at radius 3 is 2.41 bits per heavy atom. The SMILES string of the molecule is Cc1ccc(-c2nn(-c3ccc(F)cc3)cc2C(=O)NCCN(C)C)cc1. The number of hydrogen-bond donors (Lipinski definition) is 1. The minimum absolute atomic E-state index is 0.180. The van der Waals surface area contributed by atoms with E-state index in [-0.39, 0.29) is 11.7 Å². The number of nitrogens with one attached hydrogen (secondary N) is 1. The van der Waals surface area contributed by atoms with Gasteiger partial charge in [0.15, 0.2) is 0 Å². The zero-order chi connectivity index (χ0) is 19.4. The number of aromatic nitrogens is 2. The van der Waals surface area contributed by atoms with Crippen LogP contribution in [0.25, 0.3) is 16.9 Å². The average molecular weight is 366 g/mol. The Kier molecular flexibility index (Phi) is 5.66. The lowest BCUT2D eigenvalue weighted by atomic mass is 10.1. The van der Waals surface area contributed by atoms with Crippen LogP contribution in [0.4, 0.5) is 4.39 Å². The second-order valence-corrected chi connectivity index (χ2v) is 6.74. The number of rotatable bonds is 6. The van der Waals surface area contributed by atoms with Crippen LogP contribution in [0.3, 0.4) is 0 Å². The van der Waals surface area contributed by atoms with Crippen LogP contribution in [0, 0.1) is 12.7 Å². The van der Waals surface area contributed by atoms with Gasteiger partial charge in [0.2, 0.25) is 0 Å². The number of benzene rings is 2. The number of hydrogen-bond acceptors (Lipinski definition) is 3. The zero-order valence-corrected chi connectivity index (χ0v) is 15.7. The summed E-state index contributed by atoms with van der Waals surface area (Å²) in [6, 6.07) is 13.9. The summed E-state index contributed by atoms with van der Waals surface area (Å²) in [7, 11) is 3.91. The molecule has 3 aromatic rings. The topological polar surface area (TPSA) is 50.2 Å². The van der Waals surface area contributed by atoms with E-state index in [1.54, 1.807) is 23.0 Å². The lowest BCUT2D eigenvalue weighted by Gasteiger charge is -2.10. The Morgan fingerprint density at radius 1 is 1.11 bits per heavy atom. The molecule has 0 spiro atoms. The molecule has 0 saturated carbocycles. The highest BCUT2D eigenvalue weighted by Gasteiger charge is 2.18. The van der Waals surface area contributed by atoms with E-state index < -0.39 is 0 Å². The minimum Gasteiger partial charge on any atom is -0.351 e. The molecule has 1 aromatic heterocycles. The summed E-state index contributed by atoms with van der Waals surface area (Å²) in [6.45, 7) is 3.30. The van der Waals surface area contributed by atoms with Crippen LogP contribution in [0.2, 0.25) is 0 Å². The summed E-state index contributed by atoms with van der Waals surface area (Å²) in [5.41, 5.74) is 3.77. The number of nitrogens with zero attached hydrogens (tertiary/aromatic N) is 3. The second kappa shape index (κ2) is 8.14. The molecule has 2 aromatic carbocycles. The highest BCUT2D eigenvalue weighted by Crippen LogP contribution is 2.24. The average Bonchev–Trinajstić information content (AvgIpc) is 3.08. The van der Waals surface area contributed by atoms with Crippen LogP contribution in [0.15, 0.2) is 54.7 Å². The summed E-state index contributed by atoms with van der Waals surface area (Å²) in [6.07, 6.45) is 1.69. The third kappa shape index (κ3) is 4.60. The minimum atomic E-state index is -0.314. The fourth-order valence-corrected chi connectivity index (χ4v) is 2.68. The van der Waals surface area contributed by atoms with E-state index in [9.17, 15) is 9.18 Å². The van der Waals surface area contributed by atoms with E-state index in [2.05, 4.69) is 10.4 Å². The first-order chi connectivity index (χ1) is 12.9. The molecular weight excluding hydrogens is 343 g/mol. The lowest BCUT2D eigenvalue weighted by Crippen LogP contribution is -2.31. The van der Waals surface area contributed by atoms with Crippen molar-refractivity contribution in [2.24, 2.45) is 0 Å². The molecule has 0 atom stereocenters. The first kappa shape index (κ1) is 18.8. The van der Waals surface area contributed by atoms with Gasteiger partial charge in [0, 0.05) is 24.8 Å². The smallest absolute Gasteiger partial charge is 0.255 e. The van der Waals surface area contributed by atoms with E-state index in [4.69, 9.17) is 0 Å². The van der Waals surface area contributed by atoms with E-state index in [0.29, 0.717) is 23.5 Å². The monoisotopic (exact) mass is 366 g/mol. The number of aryl methyl sites for hydroxylation is 1. The van der Waals surface area contributed by atoms with Gasteiger partial charge in [-0.05, 0) is 45.3 Å². The van der Waals surface area contributed by atoms with Crippen LogP contribution in [0.1, 0.15) is 15.9 Å². The van der Waals surface area contributed by atoms with Gasteiger partial charge in [-0.3, -0.25) is 4.79 Å². The van der Waals surface area contributed by atoms with Crippen LogP contribution >= 0.6 is 0 Å². The Balaban J connectivity index is 1.97. The summed E-state index contributed by atoms with van der Waals surface area (Å²) in [5, 5.41) is 7.53. The molecule has 1 heterocycles. The van der Waals surface area contributed by atoms with Crippen LogP contribution < -0.4 is 5.32 Å². The molecule has 0 unspecified atom stereocenters. The van der Waals surface area contributed by atoms with Gasteiger partial charge in [-0.25, -0.2) is 9.07 Å². The predicted molar refractivity (Wildman–Crippen MR) is 105 cm³/mol. The van der Waals surface area contributed by atoms with E-state index in [1.165, 1.54) is 12.1 Å². The van der Waals surface area contributed by atoms with Crippen molar-refractivity contribution < 1.29 is 9.18 Å². The van der Waals surface area contributed by atoms with Crippen molar-refractivity contribution in [3.8, 4) is 16.9 Å². The quantitative estimate of drug-likeness (QED) is 0.728. The Hall–Kier alpha value is -2.99. The molecular formula is C21H23FN4O. The van der Waals surface area contributed by atoms with Crippen molar-refractivity contribution in [2.45, 2.75) is 6.92 Å². The third-order valence-electron chi connectivity index (χ3n) is 4.22. The maximum atomic E-state index is 13.2. The van der Waals surface area contributed by atoms with Crippen LogP contribution in [-0.4, -0.2) is 47.8 Å². The molecule has 0 aliphatic heterocycles. The maximum Gasteiger partial charge on any atom is 0.255 e. The molecule has 3 rings (SSSR count). The molecule has 0 radical (unpaired) electrons. The molecule has 0 bridgehead atoms. The Bertz CT molecular complexity index is 914. The van der Waals surface area contributed by atoms with Crippen molar-refractivity contribution in [1.29, 1.82) is 0 Å².